The molecule has 0 aromatic rings. The summed E-state index contributed by atoms with van der Waals surface area (Å²) < 4.78 is 0. The molecule has 0 bridgehead atoms. The number of carbonyl (C=O) groups is 1. The molecule has 0 N–H and O–H groups in total. The molecule has 0 radical (unpaired) electrons. The highest BCUT2D eigenvalue weighted by atomic mass is 16.1. The Balaban J connectivity index is 2.35. The van der Waals surface area contributed by atoms with Gasteiger partial charge in [-0.15, -0.1) is 0 Å². The molecule has 3 nitrogen and oxygen atoms in total. The molecule has 1 rings (SSSR count). The molecular formula is C8H8N2O. The van der Waals surface area contributed by atoms with E-state index in [0.29, 0.717) is 0 Å². The highest BCUT2D eigenvalue weighted by molar-refractivity contribution is 5.83. The van der Waals surface area contributed by atoms with Gasteiger partial charge in [0.15, 0.2) is 0 Å². The highest BCUT2D eigenvalue weighted by Crippen LogP contribution is 2.31. The van der Waals surface area contributed by atoms with Crippen LogP contribution in [0.1, 0.15) is 19.3 Å². The number of nitriles is 2. The average Bonchev–Trinajstić information content (AvgIpc) is 2.81. The molecule has 1 fully saturated rings. The van der Waals surface area contributed by atoms with Crippen LogP contribution in [-0.2, 0) is 4.79 Å². The molecular weight excluding hydrogens is 140 g/mol. The van der Waals surface area contributed by atoms with Gasteiger partial charge in [-0.2, -0.15) is 10.5 Å². The van der Waals surface area contributed by atoms with Crippen LogP contribution < -0.4 is 0 Å². The largest absolute Gasteiger partial charge is 0.299 e. The highest BCUT2D eigenvalue weighted by Gasteiger charge is 2.30. The van der Waals surface area contributed by atoms with E-state index in [-0.39, 0.29) is 18.1 Å². The predicted octanol–water partition coefficient (Wildman–Crippen LogP) is 1.02. The van der Waals surface area contributed by atoms with Crippen molar-refractivity contribution in [3.05, 3.63) is 0 Å². The lowest BCUT2D eigenvalue weighted by Crippen LogP contribution is -2.06. The molecule has 0 saturated heterocycles. The van der Waals surface area contributed by atoms with Crippen molar-refractivity contribution in [1.82, 2.24) is 0 Å². The van der Waals surface area contributed by atoms with E-state index in [1.165, 1.54) is 0 Å². The minimum atomic E-state index is -0.733. The Kier molecular flexibility index (Phi) is 2.23. The molecule has 11 heavy (non-hydrogen) atoms. The van der Waals surface area contributed by atoms with Crippen LogP contribution in [-0.4, -0.2) is 5.78 Å². The zero-order valence-corrected chi connectivity index (χ0v) is 6.08. The van der Waals surface area contributed by atoms with Crippen LogP contribution in [0.4, 0.5) is 0 Å². The molecule has 0 aliphatic heterocycles. The predicted molar refractivity (Wildman–Crippen MR) is 37.1 cm³/mol. The summed E-state index contributed by atoms with van der Waals surface area (Å²) in [6, 6.07) is 3.57. The summed E-state index contributed by atoms with van der Waals surface area (Å²) in [5, 5.41) is 16.7. The van der Waals surface area contributed by atoms with Crippen molar-refractivity contribution in [2.75, 3.05) is 0 Å². The molecule has 0 aromatic carbocycles. The third-order valence-corrected chi connectivity index (χ3v) is 1.75. The fourth-order valence-electron chi connectivity index (χ4n) is 0.893. The van der Waals surface area contributed by atoms with Crippen molar-refractivity contribution in [1.29, 1.82) is 10.5 Å². The van der Waals surface area contributed by atoms with E-state index in [0.717, 1.165) is 12.8 Å². The quantitative estimate of drug-likeness (QED) is 0.600. The number of hydrogen-bond donors (Lipinski definition) is 0. The Morgan fingerprint density at radius 3 is 2.36 bits per heavy atom. The molecule has 1 aliphatic carbocycles. The summed E-state index contributed by atoms with van der Waals surface area (Å²) in [5.41, 5.74) is 0. The van der Waals surface area contributed by atoms with Crippen molar-refractivity contribution < 1.29 is 4.79 Å². The molecule has 3 heteroatoms. The van der Waals surface area contributed by atoms with Crippen LogP contribution >= 0.6 is 0 Å². The van der Waals surface area contributed by atoms with Crippen LogP contribution in [0.15, 0.2) is 0 Å². The van der Waals surface area contributed by atoms with Crippen molar-refractivity contribution in [3.63, 3.8) is 0 Å². The maximum atomic E-state index is 11.0. The molecule has 0 spiro atoms. The van der Waals surface area contributed by atoms with E-state index < -0.39 is 5.92 Å². The normalized spacial score (nSPS) is 15.5. The van der Waals surface area contributed by atoms with Crippen LogP contribution in [0.5, 0.6) is 0 Å². The summed E-state index contributed by atoms with van der Waals surface area (Å²) in [5.74, 6) is -0.486. The first kappa shape index (κ1) is 7.75. The summed E-state index contributed by atoms with van der Waals surface area (Å²) in [7, 11) is 0. The van der Waals surface area contributed by atoms with E-state index in [1.807, 2.05) is 0 Å². The standard InChI is InChI=1S/C8H8N2O/c9-4-6(5-10)3-8(11)7-1-2-7/h6-7H,1-3H2. The fourth-order valence-corrected chi connectivity index (χ4v) is 0.893. The fraction of sp³-hybridized carbons (Fsp3) is 0.625. The van der Waals surface area contributed by atoms with Crippen molar-refractivity contribution >= 4 is 5.78 Å². The molecule has 0 atom stereocenters. The Hall–Kier alpha value is -1.35. The molecule has 0 aromatic heterocycles. The Bertz CT molecular complexity index is 228. The molecule has 1 aliphatic rings. The van der Waals surface area contributed by atoms with Crippen molar-refractivity contribution in [3.8, 4) is 12.1 Å². The topological polar surface area (TPSA) is 64.7 Å². The summed E-state index contributed by atoms with van der Waals surface area (Å²) in [6.07, 6.45) is 2.02. The maximum absolute atomic E-state index is 11.0. The maximum Gasteiger partial charge on any atom is 0.140 e. The first-order valence-corrected chi connectivity index (χ1v) is 3.60. The lowest BCUT2D eigenvalue weighted by atomic mass is 10.0. The van der Waals surface area contributed by atoms with Crippen LogP contribution in [0, 0.1) is 34.5 Å². The number of nitrogens with zero attached hydrogens (tertiary/aromatic N) is 2. The number of carbonyl (C=O) groups excluding carboxylic acids is 1. The molecule has 0 unspecified atom stereocenters. The second-order valence-corrected chi connectivity index (χ2v) is 2.76. The van der Waals surface area contributed by atoms with Gasteiger partial charge >= 0.3 is 0 Å². The summed E-state index contributed by atoms with van der Waals surface area (Å²) in [6.45, 7) is 0. The van der Waals surface area contributed by atoms with Crippen LogP contribution in [0.25, 0.3) is 0 Å². The average molecular weight is 148 g/mol. The number of rotatable bonds is 3. The van der Waals surface area contributed by atoms with Gasteiger partial charge in [0.25, 0.3) is 0 Å². The first-order valence-electron chi connectivity index (χ1n) is 3.60. The van der Waals surface area contributed by atoms with Gasteiger partial charge in [-0.3, -0.25) is 4.79 Å². The molecule has 0 heterocycles. The second kappa shape index (κ2) is 3.16. The smallest absolute Gasteiger partial charge is 0.140 e. The summed E-state index contributed by atoms with van der Waals surface area (Å²) >= 11 is 0. The van der Waals surface area contributed by atoms with Crippen LogP contribution in [0.3, 0.4) is 0 Å². The minimum absolute atomic E-state index is 0.0816. The van der Waals surface area contributed by atoms with Crippen LogP contribution in [0.2, 0.25) is 0 Å². The van der Waals surface area contributed by atoms with Crippen molar-refractivity contribution in [2.45, 2.75) is 19.3 Å². The first-order chi connectivity index (χ1) is 5.27. The monoisotopic (exact) mass is 148 g/mol. The van der Waals surface area contributed by atoms with Gasteiger partial charge in [-0.1, -0.05) is 0 Å². The van der Waals surface area contributed by atoms with Gasteiger partial charge in [0, 0.05) is 12.3 Å². The Morgan fingerprint density at radius 2 is 2.00 bits per heavy atom. The lowest BCUT2D eigenvalue weighted by molar-refractivity contribution is -0.120. The minimum Gasteiger partial charge on any atom is -0.299 e. The Labute approximate surface area is 65.2 Å². The molecule has 56 valence electrons. The third-order valence-electron chi connectivity index (χ3n) is 1.75. The van der Waals surface area contributed by atoms with Gasteiger partial charge < -0.3 is 0 Å². The lowest BCUT2D eigenvalue weighted by Gasteiger charge is -1.95. The second-order valence-electron chi connectivity index (χ2n) is 2.76. The summed E-state index contributed by atoms with van der Waals surface area (Å²) in [4.78, 5) is 11.0. The van der Waals surface area contributed by atoms with Gasteiger partial charge in [0.1, 0.15) is 11.7 Å². The van der Waals surface area contributed by atoms with E-state index in [9.17, 15) is 4.79 Å². The van der Waals surface area contributed by atoms with E-state index in [4.69, 9.17) is 10.5 Å². The number of hydrogen-bond acceptors (Lipinski definition) is 3. The van der Waals surface area contributed by atoms with Gasteiger partial charge in [0.05, 0.1) is 12.1 Å². The van der Waals surface area contributed by atoms with E-state index in [1.54, 1.807) is 12.1 Å². The third kappa shape index (κ3) is 2.05. The zero-order chi connectivity index (χ0) is 8.27. The van der Waals surface area contributed by atoms with Gasteiger partial charge in [-0.05, 0) is 12.8 Å². The van der Waals surface area contributed by atoms with E-state index in [2.05, 4.69) is 0 Å². The molecule has 0 amide bonds. The number of ketones is 1. The molecule has 1 saturated carbocycles. The van der Waals surface area contributed by atoms with Gasteiger partial charge in [-0.25, -0.2) is 0 Å². The van der Waals surface area contributed by atoms with E-state index >= 15 is 0 Å². The van der Waals surface area contributed by atoms with Crippen molar-refractivity contribution in [2.24, 2.45) is 11.8 Å². The van der Waals surface area contributed by atoms with Gasteiger partial charge in [0.2, 0.25) is 0 Å². The zero-order valence-electron chi connectivity index (χ0n) is 6.08. The SMILES string of the molecule is N#CC(C#N)CC(=O)C1CC1. The number of Topliss-reactive ketones (excluding diaryl/α,β-unsaturated/α-hetero) is 1. The Morgan fingerprint density at radius 1 is 1.45 bits per heavy atom.